The van der Waals surface area contributed by atoms with Gasteiger partial charge in [0.25, 0.3) is 0 Å². The number of aromatic nitrogens is 1. The van der Waals surface area contributed by atoms with Gasteiger partial charge in [0, 0.05) is 39.3 Å². The van der Waals surface area contributed by atoms with E-state index in [-0.39, 0.29) is 10.8 Å². The van der Waals surface area contributed by atoms with Crippen LogP contribution in [-0.2, 0) is 10.8 Å². The maximum absolute atomic E-state index is 5.31. The highest BCUT2D eigenvalue weighted by molar-refractivity contribution is 7.22. The summed E-state index contributed by atoms with van der Waals surface area (Å²) in [6, 6.07) is 92.5. The van der Waals surface area contributed by atoms with Gasteiger partial charge in [-0.25, -0.2) is 4.98 Å². The van der Waals surface area contributed by atoms with E-state index < -0.39 is 0 Å². The summed E-state index contributed by atoms with van der Waals surface area (Å²) in [5, 5.41) is 8.12. The van der Waals surface area contributed by atoms with Crippen molar-refractivity contribution in [2.45, 2.75) is 38.5 Å². The molecule has 0 saturated heterocycles. The monoisotopic (exact) mass is 1000 g/mol. The molecule has 2 aliphatic rings. The molecule has 0 saturated carbocycles. The van der Waals surface area contributed by atoms with Gasteiger partial charge in [0.1, 0.15) is 0 Å². The number of hydrogen-bond acceptors (Lipinski definition) is 4. The van der Waals surface area contributed by atoms with Crippen molar-refractivity contribution < 1.29 is 0 Å². The molecule has 0 radical (unpaired) electrons. The molecule has 2 aliphatic carbocycles. The normalized spacial score (nSPS) is 13.7. The molecule has 0 N–H and O–H groups in total. The van der Waals surface area contributed by atoms with Gasteiger partial charge < -0.3 is 4.90 Å². The standard InChI is InChI=1S/C73H53N3S/c1-72(2)63-27-15-13-25-55(63)57-37-32-48(42-65(57)72)69-60-40-36-54(76(51-23-9-6-10-24-51)71-74-67-29-17-18-30-68(67)77-71)45-62(60)70(49-33-38-58-56-26-14-16-28-64(56)73(3,4)66(58)43-49)59-39-35-53(44-61(59)69)75(50-21-7-5-8-22-50)52-34-31-46-19-11-12-20-47(46)41-52/h5-45H,1-4H3. The van der Waals surface area contributed by atoms with E-state index in [1.807, 2.05) is 0 Å². The summed E-state index contributed by atoms with van der Waals surface area (Å²) in [5.74, 6) is 0. The van der Waals surface area contributed by atoms with Gasteiger partial charge >= 0.3 is 0 Å². The molecular formula is C73H53N3S. The maximum atomic E-state index is 5.31. The first-order valence-corrected chi connectivity index (χ1v) is 27.6. The van der Waals surface area contributed by atoms with E-state index in [0.29, 0.717) is 0 Å². The van der Waals surface area contributed by atoms with Crippen molar-refractivity contribution in [1.82, 2.24) is 4.98 Å². The largest absolute Gasteiger partial charge is 0.310 e. The van der Waals surface area contributed by atoms with Crippen molar-refractivity contribution in [3.8, 4) is 44.5 Å². The molecule has 0 fully saturated rings. The second kappa shape index (κ2) is 17.2. The zero-order chi connectivity index (χ0) is 51.6. The molecule has 15 rings (SSSR count). The van der Waals surface area contributed by atoms with Crippen LogP contribution in [0.5, 0.6) is 0 Å². The van der Waals surface area contributed by atoms with Gasteiger partial charge in [0.15, 0.2) is 5.13 Å². The highest BCUT2D eigenvalue weighted by Gasteiger charge is 2.37. The Morgan fingerprint density at radius 2 is 0.779 bits per heavy atom. The van der Waals surface area contributed by atoms with E-state index in [0.717, 1.165) is 43.8 Å². The summed E-state index contributed by atoms with van der Waals surface area (Å²) < 4.78 is 1.16. The van der Waals surface area contributed by atoms with Crippen LogP contribution in [0.25, 0.3) is 87.0 Å². The number of nitrogens with zero attached hydrogens (tertiary/aromatic N) is 3. The van der Waals surface area contributed by atoms with Crippen molar-refractivity contribution >= 4 is 87.4 Å². The van der Waals surface area contributed by atoms with Gasteiger partial charge in [-0.2, -0.15) is 0 Å². The van der Waals surface area contributed by atoms with Crippen LogP contribution in [0, 0.1) is 0 Å². The van der Waals surface area contributed by atoms with Gasteiger partial charge in [-0.15, -0.1) is 0 Å². The summed E-state index contributed by atoms with van der Waals surface area (Å²) in [5.41, 5.74) is 21.6. The molecular weight excluding hydrogens is 951 g/mol. The molecule has 0 bridgehead atoms. The van der Waals surface area contributed by atoms with Gasteiger partial charge in [-0.1, -0.05) is 203 Å². The van der Waals surface area contributed by atoms with Crippen LogP contribution in [0.1, 0.15) is 49.9 Å². The molecule has 3 nitrogen and oxygen atoms in total. The van der Waals surface area contributed by atoms with E-state index in [1.165, 1.54) is 99.1 Å². The summed E-state index contributed by atoms with van der Waals surface area (Å²) >= 11 is 1.73. The van der Waals surface area contributed by atoms with E-state index >= 15 is 0 Å². The maximum Gasteiger partial charge on any atom is 0.195 e. The van der Waals surface area contributed by atoms with Gasteiger partial charge in [0.2, 0.25) is 0 Å². The summed E-state index contributed by atoms with van der Waals surface area (Å²) in [4.78, 5) is 10.1. The third-order valence-electron chi connectivity index (χ3n) is 16.8. The van der Waals surface area contributed by atoms with Crippen LogP contribution in [0.4, 0.5) is 33.6 Å². The van der Waals surface area contributed by atoms with Gasteiger partial charge in [-0.3, -0.25) is 4.90 Å². The van der Waals surface area contributed by atoms with Gasteiger partial charge in [0.05, 0.1) is 10.2 Å². The first-order valence-electron chi connectivity index (χ1n) is 26.8. The molecule has 0 aliphatic heterocycles. The fraction of sp³-hybridized carbons (Fsp3) is 0.0822. The number of para-hydroxylation sites is 3. The van der Waals surface area contributed by atoms with Crippen LogP contribution in [0.15, 0.2) is 249 Å². The SMILES string of the molecule is CC1(C)c2ccccc2-c2ccc(-c3c4ccc(N(c5ccccc5)c5nc6ccccc6s5)cc4c(-c4ccc5c(c4)C(C)(C)c4ccccc4-5)c4ccc(N(c5ccccc5)c5ccc6ccccc6c5)cc34)cc21. The first kappa shape index (κ1) is 45.3. The molecule has 0 amide bonds. The minimum Gasteiger partial charge on any atom is -0.310 e. The number of anilines is 6. The lowest BCUT2D eigenvalue weighted by Gasteiger charge is -2.28. The lowest BCUT2D eigenvalue weighted by atomic mass is 9.79. The Kier molecular flexibility index (Phi) is 10.1. The third-order valence-corrected chi connectivity index (χ3v) is 17.9. The number of thiazole rings is 1. The minimum atomic E-state index is -0.187. The predicted molar refractivity (Wildman–Crippen MR) is 328 cm³/mol. The highest BCUT2D eigenvalue weighted by atomic mass is 32.1. The van der Waals surface area contributed by atoms with E-state index in [1.54, 1.807) is 11.3 Å². The smallest absolute Gasteiger partial charge is 0.195 e. The van der Waals surface area contributed by atoms with Crippen molar-refractivity contribution in [3.63, 3.8) is 0 Å². The molecule has 77 heavy (non-hydrogen) atoms. The number of rotatable bonds is 8. The first-order chi connectivity index (χ1) is 37.7. The Hall–Kier alpha value is -9.09. The Labute approximate surface area is 453 Å². The predicted octanol–water partition coefficient (Wildman–Crippen LogP) is 20.6. The van der Waals surface area contributed by atoms with Crippen LogP contribution in [0.3, 0.4) is 0 Å². The molecule has 0 atom stereocenters. The number of benzene rings is 12. The molecule has 366 valence electrons. The summed E-state index contributed by atoms with van der Waals surface area (Å²) in [6.45, 7) is 9.56. The van der Waals surface area contributed by atoms with Crippen molar-refractivity contribution in [3.05, 3.63) is 271 Å². The lowest BCUT2D eigenvalue weighted by Crippen LogP contribution is -2.15. The molecule has 13 aromatic rings. The summed E-state index contributed by atoms with van der Waals surface area (Å²) in [7, 11) is 0. The van der Waals surface area contributed by atoms with Crippen molar-refractivity contribution in [2.24, 2.45) is 0 Å². The Balaban J connectivity index is 1.05. The zero-order valence-corrected chi connectivity index (χ0v) is 44.2. The zero-order valence-electron chi connectivity index (χ0n) is 43.4. The highest BCUT2D eigenvalue weighted by Crippen LogP contribution is 2.55. The molecule has 0 unspecified atom stereocenters. The number of fused-ring (bicyclic) bond motifs is 10. The minimum absolute atomic E-state index is 0.186. The third kappa shape index (κ3) is 7.05. The van der Waals surface area contributed by atoms with E-state index in [4.69, 9.17) is 4.98 Å². The quantitative estimate of drug-likeness (QED) is 0.141. The fourth-order valence-electron chi connectivity index (χ4n) is 13.1. The summed E-state index contributed by atoms with van der Waals surface area (Å²) in [6.07, 6.45) is 0. The van der Waals surface area contributed by atoms with Crippen molar-refractivity contribution in [1.29, 1.82) is 0 Å². The van der Waals surface area contributed by atoms with E-state index in [2.05, 4.69) is 286 Å². The molecule has 12 aromatic carbocycles. The van der Waals surface area contributed by atoms with E-state index in [9.17, 15) is 0 Å². The van der Waals surface area contributed by atoms with Gasteiger partial charge in [-0.05, 0) is 184 Å². The lowest BCUT2D eigenvalue weighted by molar-refractivity contribution is 0.660. The second-order valence-electron chi connectivity index (χ2n) is 21.9. The van der Waals surface area contributed by atoms with Crippen molar-refractivity contribution in [2.75, 3.05) is 9.80 Å². The Morgan fingerprint density at radius 1 is 0.325 bits per heavy atom. The van der Waals surface area contributed by atoms with Crippen LogP contribution in [-0.4, -0.2) is 4.98 Å². The fourth-order valence-corrected chi connectivity index (χ4v) is 14.1. The second-order valence-corrected chi connectivity index (χ2v) is 22.9. The number of hydrogen-bond donors (Lipinski definition) is 0. The Morgan fingerprint density at radius 3 is 1.36 bits per heavy atom. The van der Waals surface area contributed by atoms with Crippen LogP contribution in [0.2, 0.25) is 0 Å². The van der Waals surface area contributed by atoms with Crippen LogP contribution >= 0.6 is 11.3 Å². The molecule has 1 heterocycles. The average Bonchev–Trinajstić information content (AvgIpc) is 4.11. The molecule has 4 heteroatoms. The molecule has 0 spiro atoms. The van der Waals surface area contributed by atoms with Crippen LogP contribution < -0.4 is 9.80 Å². The topological polar surface area (TPSA) is 19.4 Å². The average molecular weight is 1000 g/mol. The molecule has 1 aromatic heterocycles. The Bertz CT molecular complexity index is 4500.